The van der Waals surface area contributed by atoms with E-state index in [1.165, 1.54) is 0 Å². The maximum atomic E-state index is 12.1. The van der Waals surface area contributed by atoms with Crippen LogP contribution in [0.5, 0.6) is 0 Å². The fourth-order valence-electron chi connectivity index (χ4n) is 2.72. The summed E-state index contributed by atoms with van der Waals surface area (Å²) in [5.41, 5.74) is 1.75. The minimum atomic E-state index is -1.12. The second-order valence-corrected chi connectivity index (χ2v) is 7.31. The molecule has 2 aromatic rings. The summed E-state index contributed by atoms with van der Waals surface area (Å²) in [5, 5.41) is 14.7. The van der Waals surface area contributed by atoms with Crippen molar-refractivity contribution < 1.29 is 19.5 Å². The third-order valence-corrected chi connectivity index (χ3v) is 5.04. The van der Waals surface area contributed by atoms with E-state index >= 15 is 0 Å². The van der Waals surface area contributed by atoms with E-state index in [-0.39, 0.29) is 31.2 Å². The molecule has 0 saturated heterocycles. The molecular weight excluding hydrogens is 424 g/mol. The molecule has 0 saturated carbocycles. The molecule has 2 aromatic carbocycles. The lowest BCUT2D eigenvalue weighted by Crippen LogP contribution is -2.42. The van der Waals surface area contributed by atoms with Crippen molar-refractivity contribution in [2.75, 3.05) is 0 Å². The van der Waals surface area contributed by atoms with Gasteiger partial charge in [0.2, 0.25) is 11.8 Å². The summed E-state index contributed by atoms with van der Waals surface area (Å²) in [5.74, 6) is -1.85. The maximum Gasteiger partial charge on any atom is 0.326 e. The van der Waals surface area contributed by atoms with Gasteiger partial charge in [-0.25, -0.2) is 4.79 Å². The summed E-state index contributed by atoms with van der Waals surface area (Å²) >= 11 is 3.37. The van der Waals surface area contributed by atoms with E-state index in [0.717, 1.165) is 15.6 Å². The van der Waals surface area contributed by atoms with Crippen molar-refractivity contribution in [3.05, 3.63) is 70.2 Å². The standard InChI is InChI=1S/C21H23BrN2O4/c1-14(15-7-3-2-4-8-15)23-19(25)11-12-20(26)24-18(21(27)28)13-16-9-5-6-10-17(16)22/h2-10,14,18H,11-13H2,1H3,(H,23,25)(H,24,26)(H,27,28)/t14-,18-/m1/s1. The summed E-state index contributed by atoms with van der Waals surface area (Å²) in [7, 11) is 0. The van der Waals surface area contributed by atoms with E-state index in [2.05, 4.69) is 26.6 Å². The highest BCUT2D eigenvalue weighted by Crippen LogP contribution is 2.17. The van der Waals surface area contributed by atoms with Crippen LogP contribution in [0.15, 0.2) is 59.1 Å². The molecule has 0 fully saturated rings. The van der Waals surface area contributed by atoms with Crippen molar-refractivity contribution in [3.63, 3.8) is 0 Å². The Morgan fingerprint density at radius 2 is 1.50 bits per heavy atom. The van der Waals surface area contributed by atoms with Crippen LogP contribution in [-0.4, -0.2) is 28.9 Å². The van der Waals surface area contributed by atoms with Crippen molar-refractivity contribution in [2.45, 2.75) is 38.3 Å². The fraction of sp³-hybridized carbons (Fsp3) is 0.286. The highest BCUT2D eigenvalue weighted by molar-refractivity contribution is 9.10. The van der Waals surface area contributed by atoms with Gasteiger partial charge in [0.05, 0.1) is 6.04 Å². The molecule has 7 heteroatoms. The first-order valence-corrected chi connectivity index (χ1v) is 9.76. The topological polar surface area (TPSA) is 95.5 Å². The largest absolute Gasteiger partial charge is 0.480 e. The van der Waals surface area contributed by atoms with E-state index in [1.54, 1.807) is 12.1 Å². The lowest BCUT2D eigenvalue weighted by atomic mass is 10.1. The first-order chi connectivity index (χ1) is 13.4. The van der Waals surface area contributed by atoms with E-state index in [4.69, 9.17) is 0 Å². The number of aliphatic carboxylic acids is 1. The van der Waals surface area contributed by atoms with Crippen molar-refractivity contribution in [1.82, 2.24) is 10.6 Å². The molecule has 0 spiro atoms. The maximum absolute atomic E-state index is 12.1. The molecule has 0 unspecified atom stereocenters. The van der Waals surface area contributed by atoms with Gasteiger partial charge in [0, 0.05) is 23.7 Å². The molecule has 3 N–H and O–H groups in total. The fourth-order valence-corrected chi connectivity index (χ4v) is 3.16. The summed E-state index contributed by atoms with van der Waals surface area (Å²) < 4.78 is 0.782. The van der Waals surface area contributed by atoms with Crippen LogP contribution in [0.3, 0.4) is 0 Å². The van der Waals surface area contributed by atoms with Crippen LogP contribution in [0, 0.1) is 0 Å². The summed E-state index contributed by atoms with van der Waals surface area (Å²) in [6, 6.07) is 15.5. The molecule has 0 aliphatic heterocycles. The molecule has 2 atom stereocenters. The molecule has 0 heterocycles. The van der Waals surface area contributed by atoms with Gasteiger partial charge in [-0.2, -0.15) is 0 Å². The predicted octanol–water partition coefficient (Wildman–Crippen LogP) is 3.22. The van der Waals surface area contributed by atoms with Gasteiger partial charge in [0.1, 0.15) is 6.04 Å². The van der Waals surface area contributed by atoms with Crippen LogP contribution < -0.4 is 10.6 Å². The molecule has 0 bridgehead atoms. The van der Waals surface area contributed by atoms with Gasteiger partial charge in [0.25, 0.3) is 0 Å². The van der Waals surface area contributed by atoms with Gasteiger partial charge in [-0.1, -0.05) is 64.5 Å². The van der Waals surface area contributed by atoms with Gasteiger partial charge in [-0.15, -0.1) is 0 Å². The SMILES string of the molecule is C[C@@H](NC(=O)CCC(=O)N[C@H](Cc1ccccc1Br)C(=O)O)c1ccccc1. The van der Waals surface area contributed by atoms with Gasteiger partial charge in [-0.3, -0.25) is 9.59 Å². The molecule has 6 nitrogen and oxygen atoms in total. The van der Waals surface area contributed by atoms with Crippen molar-refractivity contribution >= 4 is 33.7 Å². The molecule has 0 aromatic heterocycles. The van der Waals surface area contributed by atoms with E-state index in [1.807, 2.05) is 49.4 Å². The monoisotopic (exact) mass is 446 g/mol. The number of nitrogens with one attached hydrogen (secondary N) is 2. The van der Waals surface area contributed by atoms with Crippen molar-refractivity contribution in [2.24, 2.45) is 0 Å². The second kappa shape index (κ2) is 10.6. The van der Waals surface area contributed by atoms with E-state index in [0.29, 0.717) is 0 Å². The molecule has 0 aliphatic carbocycles. The van der Waals surface area contributed by atoms with Crippen LogP contribution in [0.25, 0.3) is 0 Å². The molecular formula is C21H23BrN2O4. The number of rotatable bonds is 9. The zero-order valence-electron chi connectivity index (χ0n) is 15.5. The highest BCUT2D eigenvalue weighted by Gasteiger charge is 2.21. The molecule has 2 rings (SSSR count). The van der Waals surface area contributed by atoms with Crippen molar-refractivity contribution in [3.8, 4) is 0 Å². The first kappa shape index (κ1) is 21.6. The predicted molar refractivity (Wildman–Crippen MR) is 110 cm³/mol. The molecule has 0 radical (unpaired) electrons. The van der Waals surface area contributed by atoms with Crippen LogP contribution >= 0.6 is 15.9 Å². The molecule has 2 amide bonds. The molecule has 0 aliphatic rings. The molecule has 148 valence electrons. The Morgan fingerprint density at radius 3 is 2.11 bits per heavy atom. The Balaban J connectivity index is 1.83. The number of carboxylic acids is 1. The van der Waals surface area contributed by atoms with Gasteiger partial charge < -0.3 is 15.7 Å². The average molecular weight is 447 g/mol. The number of carbonyl (C=O) groups excluding carboxylic acids is 2. The number of halogens is 1. The lowest BCUT2D eigenvalue weighted by Gasteiger charge is -2.16. The Morgan fingerprint density at radius 1 is 0.929 bits per heavy atom. The average Bonchev–Trinajstić information content (AvgIpc) is 2.68. The van der Waals surface area contributed by atoms with Crippen LogP contribution in [-0.2, 0) is 20.8 Å². The number of hydrogen-bond acceptors (Lipinski definition) is 3. The first-order valence-electron chi connectivity index (χ1n) is 8.96. The Bertz CT molecular complexity index is 826. The quantitative estimate of drug-likeness (QED) is 0.550. The van der Waals surface area contributed by atoms with Gasteiger partial charge in [0.15, 0.2) is 0 Å². The van der Waals surface area contributed by atoms with Crippen molar-refractivity contribution in [1.29, 1.82) is 0 Å². The van der Waals surface area contributed by atoms with E-state index < -0.39 is 17.9 Å². The van der Waals surface area contributed by atoms with Crippen LogP contribution in [0.4, 0.5) is 0 Å². The lowest BCUT2D eigenvalue weighted by molar-refractivity contribution is -0.141. The summed E-state index contributed by atoms with van der Waals surface area (Å²) in [6.07, 6.45) is 0.0667. The highest BCUT2D eigenvalue weighted by atomic mass is 79.9. The third-order valence-electron chi connectivity index (χ3n) is 4.27. The number of benzene rings is 2. The summed E-state index contributed by atoms with van der Waals surface area (Å²) in [6.45, 7) is 1.87. The van der Waals surface area contributed by atoms with E-state index in [9.17, 15) is 19.5 Å². The van der Waals surface area contributed by atoms with Crippen LogP contribution in [0.1, 0.15) is 36.9 Å². The third kappa shape index (κ3) is 6.81. The second-order valence-electron chi connectivity index (χ2n) is 6.45. The zero-order chi connectivity index (χ0) is 20.5. The molecule has 28 heavy (non-hydrogen) atoms. The zero-order valence-corrected chi connectivity index (χ0v) is 17.1. The Kier molecular flexibility index (Phi) is 8.19. The smallest absolute Gasteiger partial charge is 0.326 e. The van der Waals surface area contributed by atoms with Gasteiger partial charge in [-0.05, 0) is 24.1 Å². The normalized spacial score (nSPS) is 12.6. The summed E-state index contributed by atoms with van der Waals surface area (Å²) in [4.78, 5) is 35.7. The number of carboxylic acid groups (broad SMARTS) is 1. The number of carbonyl (C=O) groups is 3. The van der Waals surface area contributed by atoms with Gasteiger partial charge >= 0.3 is 5.97 Å². The van der Waals surface area contributed by atoms with Crippen LogP contribution in [0.2, 0.25) is 0 Å². The minimum absolute atomic E-state index is 0.00955. The number of hydrogen-bond donors (Lipinski definition) is 3. The Hall–Kier alpha value is -2.67. The minimum Gasteiger partial charge on any atom is -0.480 e. The Labute approximate surface area is 172 Å². The number of amides is 2.